The fourth-order valence-corrected chi connectivity index (χ4v) is 3.11. The molecule has 1 saturated carbocycles. The van der Waals surface area contributed by atoms with E-state index in [2.05, 4.69) is 59.4 Å². The normalized spacial score (nSPS) is 18.1. The van der Waals surface area contributed by atoms with Crippen LogP contribution in [0.2, 0.25) is 0 Å². The number of ether oxygens (including phenoxy) is 1. The van der Waals surface area contributed by atoms with Gasteiger partial charge in [0.25, 0.3) is 0 Å². The zero-order chi connectivity index (χ0) is 13.7. The molecule has 2 nitrogen and oxygen atoms in total. The molecular weight excluding hydrogens is 302 g/mol. The van der Waals surface area contributed by atoms with Crippen LogP contribution in [0.15, 0.2) is 28.7 Å². The first-order valence-electron chi connectivity index (χ1n) is 7.30. The van der Waals surface area contributed by atoms with Gasteiger partial charge in [0.05, 0.1) is 12.2 Å². The van der Waals surface area contributed by atoms with Crippen molar-refractivity contribution in [3.8, 4) is 0 Å². The minimum Gasteiger partial charge on any atom is -0.369 e. The lowest BCUT2D eigenvalue weighted by Crippen LogP contribution is -2.30. The molecule has 0 saturated heterocycles. The maximum absolute atomic E-state index is 6.34. The van der Waals surface area contributed by atoms with Gasteiger partial charge in [-0.2, -0.15) is 0 Å². The van der Waals surface area contributed by atoms with Crippen LogP contribution >= 0.6 is 15.9 Å². The van der Waals surface area contributed by atoms with E-state index in [4.69, 9.17) is 4.74 Å². The van der Waals surface area contributed by atoms with Crippen LogP contribution in [0, 0.1) is 0 Å². The van der Waals surface area contributed by atoms with E-state index in [-0.39, 0.29) is 6.10 Å². The summed E-state index contributed by atoms with van der Waals surface area (Å²) in [6.07, 6.45) is 5.62. The number of hydrogen-bond donors (Lipinski definition) is 1. The van der Waals surface area contributed by atoms with Gasteiger partial charge in [-0.25, -0.2) is 0 Å². The van der Waals surface area contributed by atoms with Crippen molar-refractivity contribution in [2.75, 3.05) is 6.54 Å². The molecular formula is C16H24BrNO. The van der Waals surface area contributed by atoms with Gasteiger partial charge < -0.3 is 10.1 Å². The second-order valence-corrected chi connectivity index (χ2v) is 6.47. The van der Waals surface area contributed by atoms with Gasteiger partial charge in [-0.15, -0.1) is 0 Å². The predicted octanol–water partition coefficient (Wildman–Crippen LogP) is 4.45. The summed E-state index contributed by atoms with van der Waals surface area (Å²) in [5.74, 6) is 0. The Kier molecular flexibility index (Phi) is 5.86. The quantitative estimate of drug-likeness (QED) is 0.834. The second kappa shape index (κ2) is 7.41. The summed E-state index contributed by atoms with van der Waals surface area (Å²) < 4.78 is 7.48. The smallest absolute Gasteiger partial charge is 0.0963 e. The Morgan fingerprint density at radius 1 is 1.26 bits per heavy atom. The second-order valence-electron chi connectivity index (χ2n) is 5.62. The molecule has 1 aromatic carbocycles. The number of nitrogens with one attached hydrogen (secondary N) is 1. The average molecular weight is 326 g/mol. The summed E-state index contributed by atoms with van der Waals surface area (Å²) in [6.45, 7) is 5.22. The van der Waals surface area contributed by atoms with Gasteiger partial charge in [0.15, 0.2) is 0 Å². The first kappa shape index (κ1) is 15.0. The van der Waals surface area contributed by atoms with Crippen molar-refractivity contribution in [3.63, 3.8) is 0 Å². The van der Waals surface area contributed by atoms with Crippen molar-refractivity contribution in [1.82, 2.24) is 5.32 Å². The predicted molar refractivity (Wildman–Crippen MR) is 83.4 cm³/mol. The Labute approximate surface area is 125 Å². The molecule has 0 amide bonds. The molecule has 1 fully saturated rings. The van der Waals surface area contributed by atoms with E-state index in [0.717, 1.165) is 11.0 Å². The Balaban J connectivity index is 2.06. The molecule has 1 atom stereocenters. The van der Waals surface area contributed by atoms with E-state index in [1.807, 2.05) is 0 Å². The fourth-order valence-electron chi connectivity index (χ4n) is 2.57. The molecule has 0 aromatic heterocycles. The SMILES string of the molecule is CC(C)NCC(OC1CCCC1)c1ccccc1Br. The number of rotatable bonds is 6. The molecule has 1 aliphatic rings. The minimum absolute atomic E-state index is 0.140. The molecule has 106 valence electrons. The third-order valence-electron chi connectivity index (χ3n) is 3.62. The molecule has 2 rings (SSSR count). The lowest BCUT2D eigenvalue weighted by molar-refractivity contribution is -0.00993. The number of benzene rings is 1. The van der Waals surface area contributed by atoms with Crippen LogP contribution in [0.4, 0.5) is 0 Å². The van der Waals surface area contributed by atoms with E-state index in [1.54, 1.807) is 0 Å². The highest BCUT2D eigenvalue weighted by Gasteiger charge is 2.22. The van der Waals surface area contributed by atoms with E-state index in [0.29, 0.717) is 12.1 Å². The van der Waals surface area contributed by atoms with E-state index in [1.165, 1.54) is 31.2 Å². The lowest BCUT2D eigenvalue weighted by Gasteiger charge is -2.25. The largest absolute Gasteiger partial charge is 0.369 e. The highest BCUT2D eigenvalue weighted by molar-refractivity contribution is 9.10. The number of halogens is 1. The van der Waals surface area contributed by atoms with Crippen LogP contribution in [0.5, 0.6) is 0 Å². The molecule has 0 spiro atoms. The third-order valence-corrected chi connectivity index (χ3v) is 4.34. The van der Waals surface area contributed by atoms with Crippen molar-refractivity contribution in [2.24, 2.45) is 0 Å². The fraction of sp³-hybridized carbons (Fsp3) is 0.625. The van der Waals surface area contributed by atoms with E-state index in [9.17, 15) is 0 Å². The van der Waals surface area contributed by atoms with Crippen LogP contribution < -0.4 is 5.32 Å². The molecule has 0 heterocycles. The Bertz CT molecular complexity index is 388. The van der Waals surface area contributed by atoms with Crippen molar-refractivity contribution in [1.29, 1.82) is 0 Å². The molecule has 0 radical (unpaired) electrons. The molecule has 1 N–H and O–H groups in total. The van der Waals surface area contributed by atoms with Gasteiger partial charge in [-0.05, 0) is 24.5 Å². The molecule has 3 heteroatoms. The monoisotopic (exact) mass is 325 g/mol. The van der Waals surface area contributed by atoms with Crippen LogP contribution in [0.25, 0.3) is 0 Å². The maximum atomic E-state index is 6.34. The van der Waals surface area contributed by atoms with E-state index < -0.39 is 0 Å². The summed E-state index contributed by atoms with van der Waals surface area (Å²) in [7, 11) is 0. The summed E-state index contributed by atoms with van der Waals surface area (Å²) >= 11 is 3.65. The van der Waals surface area contributed by atoms with Crippen molar-refractivity contribution in [2.45, 2.75) is 57.8 Å². The van der Waals surface area contributed by atoms with Crippen LogP contribution in [0.3, 0.4) is 0 Å². The van der Waals surface area contributed by atoms with Gasteiger partial charge >= 0.3 is 0 Å². The van der Waals surface area contributed by atoms with Gasteiger partial charge in [0.1, 0.15) is 0 Å². The van der Waals surface area contributed by atoms with Crippen molar-refractivity contribution >= 4 is 15.9 Å². The molecule has 1 aliphatic carbocycles. The standard InChI is InChI=1S/C16H24BrNO/c1-12(2)18-11-16(19-13-7-3-4-8-13)14-9-5-6-10-15(14)17/h5-6,9-10,12-13,16,18H,3-4,7-8,11H2,1-2H3. The van der Waals surface area contributed by atoms with Crippen molar-refractivity contribution < 1.29 is 4.74 Å². The summed E-state index contributed by atoms with van der Waals surface area (Å²) in [5.41, 5.74) is 1.25. The summed E-state index contributed by atoms with van der Waals surface area (Å²) in [6, 6.07) is 8.87. The topological polar surface area (TPSA) is 21.3 Å². The highest BCUT2D eigenvalue weighted by atomic mass is 79.9. The summed E-state index contributed by atoms with van der Waals surface area (Å²) in [5, 5.41) is 3.50. The van der Waals surface area contributed by atoms with Crippen LogP contribution in [-0.2, 0) is 4.74 Å². The van der Waals surface area contributed by atoms with Crippen LogP contribution in [0.1, 0.15) is 51.2 Å². The lowest BCUT2D eigenvalue weighted by atomic mass is 10.1. The molecule has 19 heavy (non-hydrogen) atoms. The summed E-state index contributed by atoms with van der Waals surface area (Å²) in [4.78, 5) is 0. The molecule has 0 aliphatic heterocycles. The molecule has 1 unspecified atom stereocenters. The van der Waals surface area contributed by atoms with Crippen LogP contribution in [-0.4, -0.2) is 18.7 Å². The minimum atomic E-state index is 0.140. The zero-order valence-corrected chi connectivity index (χ0v) is 13.4. The van der Waals surface area contributed by atoms with E-state index >= 15 is 0 Å². The first-order chi connectivity index (χ1) is 9.16. The number of hydrogen-bond acceptors (Lipinski definition) is 2. The zero-order valence-electron chi connectivity index (χ0n) is 11.9. The third kappa shape index (κ3) is 4.59. The van der Waals surface area contributed by atoms with Crippen molar-refractivity contribution in [3.05, 3.63) is 34.3 Å². The average Bonchev–Trinajstić information content (AvgIpc) is 2.88. The Morgan fingerprint density at radius 2 is 1.95 bits per heavy atom. The van der Waals surface area contributed by atoms with Gasteiger partial charge in [-0.3, -0.25) is 0 Å². The first-order valence-corrected chi connectivity index (χ1v) is 8.09. The maximum Gasteiger partial charge on any atom is 0.0963 e. The molecule has 0 bridgehead atoms. The Morgan fingerprint density at radius 3 is 2.58 bits per heavy atom. The van der Waals surface area contributed by atoms with Gasteiger partial charge in [-0.1, -0.05) is 60.8 Å². The van der Waals surface area contributed by atoms with Gasteiger partial charge in [0.2, 0.25) is 0 Å². The highest BCUT2D eigenvalue weighted by Crippen LogP contribution is 2.31. The Hall–Kier alpha value is -0.380. The van der Waals surface area contributed by atoms with Gasteiger partial charge in [0, 0.05) is 17.1 Å². The molecule has 1 aromatic rings.